The number of unbranched alkanes of at least 4 members (excludes halogenated alkanes) is 2. The van der Waals surface area contributed by atoms with Gasteiger partial charge in [-0.2, -0.15) is 5.26 Å². The predicted octanol–water partition coefficient (Wildman–Crippen LogP) is 1.82. The molecule has 1 rings (SSSR count). The van der Waals surface area contributed by atoms with Gasteiger partial charge in [0.05, 0.1) is 6.07 Å². The summed E-state index contributed by atoms with van der Waals surface area (Å²) >= 11 is 0. The summed E-state index contributed by atoms with van der Waals surface area (Å²) in [6.45, 7) is 5.39. The van der Waals surface area contributed by atoms with E-state index in [4.69, 9.17) is 5.26 Å². The van der Waals surface area contributed by atoms with E-state index in [0.717, 1.165) is 19.3 Å². The van der Waals surface area contributed by atoms with Crippen LogP contribution >= 0.6 is 0 Å². The summed E-state index contributed by atoms with van der Waals surface area (Å²) in [7, 11) is 0. The van der Waals surface area contributed by atoms with Crippen LogP contribution in [0.3, 0.4) is 0 Å². The second-order valence-electron chi connectivity index (χ2n) is 4.13. The van der Waals surface area contributed by atoms with Crippen molar-refractivity contribution < 1.29 is 4.79 Å². The average molecular weight is 248 g/mol. The van der Waals surface area contributed by atoms with Crippen molar-refractivity contribution in [1.29, 1.82) is 5.26 Å². The van der Waals surface area contributed by atoms with Gasteiger partial charge in [0, 0.05) is 25.5 Å². The highest BCUT2D eigenvalue weighted by molar-refractivity contribution is 5.85. The van der Waals surface area contributed by atoms with Gasteiger partial charge in [0.15, 0.2) is 5.92 Å². The number of hydrogen-bond donors (Lipinski definition) is 1. The normalized spacial score (nSPS) is 11.8. The topological polar surface area (TPSA) is 70.7 Å². The van der Waals surface area contributed by atoms with Crippen LogP contribution in [0.15, 0.2) is 12.4 Å². The second-order valence-corrected chi connectivity index (χ2v) is 4.13. The van der Waals surface area contributed by atoms with Crippen molar-refractivity contribution in [1.82, 2.24) is 14.9 Å². The Morgan fingerprint density at radius 1 is 1.56 bits per heavy atom. The molecule has 1 unspecified atom stereocenters. The number of carbonyl (C=O) groups is 1. The number of aromatic nitrogens is 2. The molecule has 5 nitrogen and oxygen atoms in total. The lowest BCUT2D eigenvalue weighted by atomic mass is 10.1. The Labute approximate surface area is 108 Å². The van der Waals surface area contributed by atoms with Gasteiger partial charge in [0.2, 0.25) is 5.91 Å². The number of amides is 1. The Hall–Kier alpha value is -1.83. The van der Waals surface area contributed by atoms with Crippen LogP contribution in [0.5, 0.6) is 0 Å². The zero-order chi connectivity index (χ0) is 13.4. The number of rotatable bonds is 7. The van der Waals surface area contributed by atoms with Crippen LogP contribution in [0.1, 0.15) is 44.9 Å². The highest BCUT2D eigenvalue weighted by Gasteiger charge is 2.23. The zero-order valence-corrected chi connectivity index (χ0v) is 11.0. The van der Waals surface area contributed by atoms with Gasteiger partial charge in [0.1, 0.15) is 5.82 Å². The minimum absolute atomic E-state index is 0.255. The Morgan fingerprint density at radius 3 is 2.94 bits per heavy atom. The Kier molecular flexibility index (Phi) is 5.92. The van der Waals surface area contributed by atoms with Crippen LogP contribution in [0.2, 0.25) is 0 Å². The number of hydrogen-bond acceptors (Lipinski definition) is 3. The van der Waals surface area contributed by atoms with Crippen molar-refractivity contribution in [3.05, 3.63) is 18.2 Å². The van der Waals surface area contributed by atoms with Gasteiger partial charge in [-0.05, 0) is 13.3 Å². The van der Waals surface area contributed by atoms with Gasteiger partial charge in [-0.25, -0.2) is 4.98 Å². The van der Waals surface area contributed by atoms with Gasteiger partial charge in [-0.1, -0.05) is 19.8 Å². The first-order chi connectivity index (χ1) is 8.74. The van der Waals surface area contributed by atoms with Crippen molar-refractivity contribution in [3.63, 3.8) is 0 Å². The summed E-state index contributed by atoms with van der Waals surface area (Å²) in [5.41, 5.74) is 0. The maximum atomic E-state index is 11.9. The first kappa shape index (κ1) is 14.2. The fraction of sp³-hybridized carbons (Fsp3) is 0.615. The van der Waals surface area contributed by atoms with E-state index in [1.807, 2.05) is 17.6 Å². The first-order valence-electron chi connectivity index (χ1n) is 6.42. The molecule has 1 aromatic rings. The van der Waals surface area contributed by atoms with Gasteiger partial charge < -0.3 is 9.88 Å². The summed E-state index contributed by atoms with van der Waals surface area (Å²) in [6.07, 6.45) is 6.54. The van der Waals surface area contributed by atoms with Gasteiger partial charge in [0.25, 0.3) is 0 Å². The van der Waals surface area contributed by atoms with E-state index in [2.05, 4.69) is 17.2 Å². The molecule has 1 heterocycles. The van der Waals surface area contributed by atoms with E-state index in [1.165, 1.54) is 0 Å². The van der Waals surface area contributed by atoms with Gasteiger partial charge in [-0.3, -0.25) is 4.79 Å². The largest absolute Gasteiger partial charge is 0.355 e. The second kappa shape index (κ2) is 7.49. The maximum absolute atomic E-state index is 11.9. The minimum Gasteiger partial charge on any atom is -0.355 e. The third-order valence-corrected chi connectivity index (χ3v) is 2.82. The summed E-state index contributed by atoms with van der Waals surface area (Å²) in [5.74, 6) is -0.552. The number of nitriles is 1. The summed E-state index contributed by atoms with van der Waals surface area (Å²) < 4.78 is 1.82. The number of aryl methyl sites for hydroxylation is 1. The molecular formula is C13H20N4O. The molecule has 1 amide bonds. The summed E-state index contributed by atoms with van der Waals surface area (Å²) in [4.78, 5) is 16.0. The summed E-state index contributed by atoms with van der Waals surface area (Å²) in [5, 5.41) is 11.9. The average Bonchev–Trinajstić information content (AvgIpc) is 2.84. The maximum Gasteiger partial charge on any atom is 0.245 e. The molecule has 0 aliphatic heterocycles. The highest BCUT2D eigenvalue weighted by Crippen LogP contribution is 2.13. The lowest BCUT2D eigenvalue weighted by Gasteiger charge is -2.11. The van der Waals surface area contributed by atoms with E-state index in [-0.39, 0.29) is 5.91 Å². The molecule has 1 atom stereocenters. The van der Waals surface area contributed by atoms with Crippen molar-refractivity contribution in [2.24, 2.45) is 0 Å². The number of carbonyl (C=O) groups excluding carboxylic acids is 1. The zero-order valence-electron chi connectivity index (χ0n) is 11.0. The molecule has 1 N–H and O–H groups in total. The molecule has 18 heavy (non-hydrogen) atoms. The van der Waals surface area contributed by atoms with Gasteiger partial charge in [-0.15, -0.1) is 0 Å². The molecule has 1 aromatic heterocycles. The minimum atomic E-state index is -0.818. The van der Waals surface area contributed by atoms with Gasteiger partial charge >= 0.3 is 0 Å². The van der Waals surface area contributed by atoms with Crippen LogP contribution in [0, 0.1) is 11.3 Å². The molecule has 0 saturated heterocycles. The third kappa shape index (κ3) is 3.59. The number of nitrogens with zero attached hydrogens (tertiary/aromatic N) is 3. The monoisotopic (exact) mass is 248 g/mol. The molecule has 0 aliphatic carbocycles. The summed E-state index contributed by atoms with van der Waals surface area (Å²) in [6, 6.07) is 2.02. The van der Waals surface area contributed by atoms with Crippen LogP contribution in [0.4, 0.5) is 0 Å². The van der Waals surface area contributed by atoms with Crippen LogP contribution in [-0.2, 0) is 11.3 Å². The smallest absolute Gasteiger partial charge is 0.245 e. The standard InChI is InChI=1S/C13H20N4O/c1-3-5-6-7-16-13(18)11(10-14)12-15-8-9-17(12)4-2/h8-9,11H,3-7H2,1-2H3,(H,16,18). The fourth-order valence-electron chi connectivity index (χ4n) is 1.77. The number of nitrogens with one attached hydrogen (secondary N) is 1. The van der Waals surface area contributed by atoms with Crippen LogP contribution < -0.4 is 5.32 Å². The van der Waals surface area contributed by atoms with E-state index < -0.39 is 5.92 Å². The van der Waals surface area contributed by atoms with E-state index in [1.54, 1.807) is 12.4 Å². The molecule has 0 aromatic carbocycles. The molecule has 0 fully saturated rings. The third-order valence-electron chi connectivity index (χ3n) is 2.82. The van der Waals surface area contributed by atoms with E-state index >= 15 is 0 Å². The molecule has 5 heteroatoms. The van der Waals surface area contributed by atoms with E-state index in [0.29, 0.717) is 18.9 Å². The Morgan fingerprint density at radius 2 is 2.33 bits per heavy atom. The van der Waals surface area contributed by atoms with Crippen molar-refractivity contribution >= 4 is 5.91 Å². The van der Waals surface area contributed by atoms with Crippen molar-refractivity contribution in [3.8, 4) is 6.07 Å². The quantitative estimate of drug-likeness (QED) is 0.748. The SMILES string of the molecule is CCCCCNC(=O)C(C#N)c1nccn1CC. The van der Waals surface area contributed by atoms with E-state index in [9.17, 15) is 4.79 Å². The lowest BCUT2D eigenvalue weighted by molar-refractivity contribution is -0.121. The molecule has 0 aliphatic rings. The highest BCUT2D eigenvalue weighted by atomic mass is 16.1. The Bertz CT molecular complexity index is 419. The Balaban J connectivity index is 2.61. The molecule has 0 saturated carbocycles. The first-order valence-corrected chi connectivity index (χ1v) is 6.42. The number of imidazole rings is 1. The van der Waals surface area contributed by atoms with Crippen LogP contribution in [-0.4, -0.2) is 22.0 Å². The molecule has 0 bridgehead atoms. The molecular weight excluding hydrogens is 228 g/mol. The predicted molar refractivity (Wildman–Crippen MR) is 68.8 cm³/mol. The van der Waals surface area contributed by atoms with Crippen molar-refractivity contribution in [2.45, 2.75) is 45.6 Å². The lowest BCUT2D eigenvalue weighted by Crippen LogP contribution is -2.31. The van der Waals surface area contributed by atoms with Crippen molar-refractivity contribution in [2.75, 3.05) is 6.54 Å². The fourth-order valence-corrected chi connectivity index (χ4v) is 1.77. The molecule has 0 spiro atoms. The van der Waals surface area contributed by atoms with Crippen LogP contribution in [0.25, 0.3) is 0 Å². The molecule has 98 valence electrons. The molecule has 0 radical (unpaired) electrons.